The highest BCUT2D eigenvalue weighted by Gasteiger charge is 2.42. The van der Waals surface area contributed by atoms with Crippen molar-refractivity contribution in [3.63, 3.8) is 0 Å². The number of nitrogens with one attached hydrogen (secondary N) is 1. The van der Waals surface area contributed by atoms with Gasteiger partial charge in [-0.1, -0.05) is 24.6 Å². The van der Waals surface area contributed by atoms with Crippen LogP contribution in [0.2, 0.25) is 0 Å². The third-order valence-electron chi connectivity index (χ3n) is 5.01. The first-order valence-electron chi connectivity index (χ1n) is 7.85. The lowest BCUT2D eigenvalue weighted by Crippen LogP contribution is -2.51. The number of hydrogen-bond acceptors (Lipinski definition) is 3. The summed E-state index contributed by atoms with van der Waals surface area (Å²) < 4.78 is 6.47. The van der Waals surface area contributed by atoms with Crippen molar-refractivity contribution in [3.8, 4) is 5.75 Å². The number of hydrogen-bond donors (Lipinski definition) is 1. The molecule has 0 bridgehead atoms. The highest BCUT2D eigenvalue weighted by molar-refractivity contribution is 5.41. The molecule has 3 rings (SSSR count). The number of nitrogens with zero attached hydrogens (tertiary/aromatic N) is 1. The third-order valence-corrected chi connectivity index (χ3v) is 5.01. The van der Waals surface area contributed by atoms with Crippen molar-refractivity contribution in [2.24, 2.45) is 0 Å². The molecule has 2 aliphatic rings. The van der Waals surface area contributed by atoms with Crippen LogP contribution in [-0.4, -0.2) is 37.2 Å². The molecule has 20 heavy (non-hydrogen) atoms. The molecule has 0 aliphatic carbocycles. The van der Waals surface area contributed by atoms with Gasteiger partial charge in [0.2, 0.25) is 0 Å². The van der Waals surface area contributed by atoms with Gasteiger partial charge in [-0.25, -0.2) is 0 Å². The first-order chi connectivity index (χ1) is 9.65. The first kappa shape index (κ1) is 13.9. The van der Waals surface area contributed by atoms with Gasteiger partial charge >= 0.3 is 0 Å². The van der Waals surface area contributed by atoms with Gasteiger partial charge in [-0.05, 0) is 39.4 Å². The Bertz CT molecular complexity index is 478. The zero-order valence-electron chi connectivity index (χ0n) is 12.9. The zero-order chi connectivity index (χ0) is 14.2. The second-order valence-corrected chi connectivity index (χ2v) is 6.31. The van der Waals surface area contributed by atoms with Crippen molar-refractivity contribution in [1.29, 1.82) is 0 Å². The maximum atomic E-state index is 6.47. The second kappa shape index (κ2) is 5.38. The Kier molecular flexibility index (Phi) is 3.74. The van der Waals surface area contributed by atoms with Crippen LogP contribution in [0.1, 0.15) is 43.4 Å². The van der Waals surface area contributed by atoms with E-state index < -0.39 is 0 Å². The monoisotopic (exact) mass is 274 g/mol. The van der Waals surface area contributed by atoms with Crippen LogP contribution in [0.3, 0.4) is 0 Å². The minimum absolute atomic E-state index is 0.0433. The standard InChI is InChI=1S/C17H26N2O/c1-4-19-9-7-17(8-10-19)12-15(18-3)14-11-13(2)5-6-16(14)20-17/h5-6,11,15,18H,4,7-10,12H2,1-3H3. The number of ether oxygens (including phenoxy) is 1. The van der Waals surface area contributed by atoms with Crippen molar-refractivity contribution in [2.75, 3.05) is 26.7 Å². The maximum Gasteiger partial charge on any atom is 0.124 e. The number of fused-ring (bicyclic) bond motifs is 1. The molecule has 2 aliphatic heterocycles. The second-order valence-electron chi connectivity index (χ2n) is 6.31. The van der Waals surface area contributed by atoms with Crippen molar-refractivity contribution < 1.29 is 4.74 Å². The fourth-order valence-electron chi connectivity index (χ4n) is 3.63. The van der Waals surface area contributed by atoms with Gasteiger partial charge < -0.3 is 15.0 Å². The van der Waals surface area contributed by atoms with E-state index >= 15 is 0 Å². The van der Waals surface area contributed by atoms with Gasteiger partial charge in [0.15, 0.2) is 0 Å². The van der Waals surface area contributed by atoms with Crippen molar-refractivity contribution in [1.82, 2.24) is 10.2 Å². The smallest absolute Gasteiger partial charge is 0.124 e. The van der Waals surface area contributed by atoms with Crippen LogP contribution in [0.5, 0.6) is 5.75 Å². The quantitative estimate of drug-likeness (QED) is 0.897. The van der Waals surface area contributed by atoms with Gasteiger partial charge in [0.1, 0.15) is 11.4 Å². The molecular formula is C17H26N2O. The molecule has 110 valence electrons. The average molecular weight is 274 g/mol. The molecule has 1 fully saturated rings. The Morgan fingerprint density at radius 3 is 2.75 bits per heavy atom. The summed E-state index contributed by atoms with van der Waals surface area (Å²) in [5.74, 6) is 1.09. The summed E-state index contributed by atoms with van der Waals surface area (Å²) in [6, 6.07) is 7.00. The topological polar surface area (TPSA) is 24.5 Å². The van der Waals surface area contributed by atoms with E-state index in [1.165, 1.54) is 11.1 Å². The molecule has 1 aromatic carbocycles. The number of likely N-dealkylation sites (tertiary alicyclic amines) is 1. The van der Waals surface area contributed by atoms with E-state index in [0.717, 1.165) is 44.6 Å². The van der Waals surface area contributed by atoms with Crippen molar-refractivity contribution in [3.05, 3.63) is 29.3 Å². The van der Waals surface area contributed by atoms with Crippen LogP contribution < -0.4 is 10.1 Å². The van der Waals surface area contributed by atoms with Gasteiger partial charge in [0.25, 0.3) is 0 Å². The highest BCUT2D eigenvalue weighted by Crippen LogP contribution is 2.44. The largest absolute Gasteiger partial charge is 0.487 e. The number of aryl methyl sites for hydroxylation is 1. The van der Waals surface area contributed by atoms with Gasteiger partial charge in [-0.15, -0.1) is 0 Å². The van der Waals surface area contributed by atoms with E-state index in [1.807, 2.05) is 0 Å². The van der Waals surface area contributed by atoms with Crippen LogP contribution >= 0.6 is 0 Å². The Hall–Kier alpha value is -1.06. The van der Waals surface area contributed by atoms with Crippen LogP contribution in [0, 0.1) is 6.92 Å². The van der Waals surface area contributed by atoms with E-state index in [2.05, 4.69) is 49.3 Å². The maximum absolute atomic E-state index is 6.47. The molecule has 1 saturated heterocycles. The summed E-state index contributed by atoms with van der Waals surface area (Å²) in [7, 11) is 2.07. The molecule has 3 heteroatoms. The lowest BCUT2D eigenvalue weighted by Gasteiger charge is -2.47. The molecule has 3 nitrogen and oxygen atoms in total. The summed E-state index contributed by atoms with van der Waals surface area (Å²) in [5, 5.41) is 3.49. The molecule has 0 aromatic heterocycles. The summed E-state index contributed by atoms with van der Waals surface area (Å²) in [4.78, 5) is 2.52. The Labute approximate surface area is 122 Å². The molecule has 0 radical (unpaired) electrons. The van der Waals surface area contributed by atoms with E-state index in [1.54, 1.807) is 0 Å². The summed E-state index contributed by atoms with van der Waals surface area (Å²) >= 11 is 0. The van der Waals surface area contributed by atoms with Crippen LogP contribution in [0.25, 0.3) is 0 Å². The van der Waals surface area contributed by atoms with Gasteiger partial charge in [0.05, 0.1) is 0 Å². The Morgan fingerprint density at radius 1 is 1.35 bits per heavy atom. The molecular weight excluding hydrogens is 248 g/mol. The van der Waals surface area contributed by atoms with E-state index in [-0.39, 0.29) is 5.60 Å². The average Bonchev–Trinajstić information content (AvgIpc) is 2.48. The summed E-state index contributed by atoms with van der Waals surface area (Å²) in [6.07, 6.45) is 3.39. The fraction of sp³-hybridized carbons (Fsp3) is 0.647. The lowest BCUT2D eigenvalue weighted by atomic mass is 9.80. The molecule has 0 amide bonds. The van der Waals surface area contributed by atoms with E-state index in [4.69, 9.17) is 4.74 Å². The predicted octanol–water partition coefficient (Wildman–Crippen LogP) is 2.89. The van der Waals surface area contributed by atoms with Crippen LogP contribution in [0.4, 0.5) is 0 Å². The minimum atomic E-state index is 0.0433. The van der Waals surface area contributed by atoms with Crippen molar-refractivity contribution >= 4 is 0 Å². The predicted molar refractivity (Wildman–Crippen MR) is 82.3 cm³/mol. The molecule has 0 saturated carbocycles. The molecule has 1 aromatic rings. The van der Waals surface area contributed by atoms with Crippen LogP contribution in [-0.2, 0) is 0 Å². The SMILES string of the molecule is CCN1CCC2(CC1)CC(NC)c1cc(C)ccc1O2. The van der Waals surface area contributed by atoms with E-state index in [0.29, 0.717) is 6.04 Å². The van der Waals surface area contributed by atoms with E-state index in [9.17, 15) is 0 Å². The third kappa shape index (κ3) is 2.45. The number of benzene rings is 1. The Morgan fingerprint density at radius 2 is 2.10 bits per heavy atom. The van der Waals surface area contributed by atoms with Crippen molar-refractivity contribution in [2.45, 2.75) is 44.8 Å². The molecule has 1 unspecified atom stereocenters. The molecule has 1 spiro atoms. The normalized spacial score (nSPS) is 25.2. The summed E-state index contributed by atoms with van der Waals surface area (Å²) in [6.45, 7) is 7.87. The molecule has 1 N–H and O–H groups in total. The number of piperidine rings is 1. The summed E-state index contributed by atoms with van der Waals surface area (Å²) in [5.41, 5.74) is 2.68. The highest BCUT2D eigenvalue weighted by atomic mass is 16.5. The molecule has 2 heterocycles. The lowest BCUT2D eigenvalue weighted by molar-refractivity contribution is -0.0235. The fourth-order valence-corrected chi connectivity index (χ4v) is 3.63. The van der Waals surface area contributed by atoms with Crippen LogP contribution in [0.15, 0.2) is 18.2 Å². The van der Waals surface area contributed by atoms with Gasteiger partial charge in [-0.2, -0.15) is 0 Å². The first-order valence-corrected chi connectivity index (χ1v) is 7.85. The van der Waals surface area contributed by atoms with Gasteiger partial charge in [0, 0.05) is 31.1 Å². The van der Waals surface area contributed by atoms with Gasteiger partial charge in [-0.3, -0.25) is 0 Å². The molecule has 1 atom stereocenters. The number of rotatable bonds is 2. The zero-order valence-corrected chi connectivity index (χ0v) is 12.9. The minimum Gasteiger partial charge on any atom is -0.487 e. The Balaban J connectivity index is 1.86.